The van der Waals surface area contributed by atoms with E-state index in [1.54, 1.807) is 18.1 Å². The molecule has 6 nitrogen and oxygen atoms in total. The maximum atomic E-state index is 13.3. The average Bonchev–Trinajstić information content (AvgIpc) is 3.01. The number of methoxy groups -OCH3 is 2. The molecule has 0 radical (unpaired) electrons. The van der Waals surface area contributed by atoms with Crippen molar-refractivity contribution in [2.24, 2.45) is 5.92 Å². The third-order valence-corrected chi connectivity index (χ3v) is 7.06. The summed E-state index contributed by atoms with van der Waals surface area (Å²) < 4.78 is 10.5. The van der Waals surface area contributed by atoms with Gasteiger partial charge in [-0.05, 0) is 73.2 Å². The van der Waals surface area contributed by atoms with E-state index in [-0.39, 0.29) is 25.3 Å². The molecule has 0 saturated carbocycles. The van der Waals surface area contributed by atoms with Crippen molar-refractivity contribution in [3.05, 3.63) is 82.1 Å². The Labute approximate surface area is 202 Å². The number of carbonyl (C=O) groups is 2. The van der Waals surface area contributed by atoms with Gasteiger partial charge in [0, 0.05) is 26.9 Å². The molecule has 2 aromatic rings. The number of allylic oxidation sites excluding steroid dienone is 3. The number of ether oxygens (including phenoxy) is 2. The molecule has 0 fully saturated rings. The van der Waals surface area contributed by atoms with Crippen molar-refractivity contribution >= 4 is 17.6 Å². The zero-order valence-electron chi connectivity index (χ0n) is 20.7. The van der Waals surface area contributed by atoms with Gasteiger partial charge in [0.2, 0.25) is 0 Å². The predicted octanol–water partition coefficient (Wildman–Crippen LogP) is 5.10. The molecule has 6 heteroatoms. The Morgan fingerprint density at radius 3 is 2.59 bits per heavy atom. The largest absolute Gasteiger partial charge is 0.496 e. The van der Waals surface area contributed by atoms with Gasteiger partial charge in [0.05, 0.1) is 31.4 Å². The molecule has 2 aliphatic rings. The van der Waals surface area contributed by atoms with Gasteiger partial charge in [-0.1, -0.05) is 24.6 Å². The Morgan fingerprint density at radius 1 is 1.15 bits per heavy atom. The van der Waals surface area contributed by atoms with Crippen molar-refractivity contribution in [1.29, 1.82) is 0 Å². The number of para-hydroxylation sites is 1. The molecular formula is C28H34N2O4. The van der Waals surface area contributed by atoms with Crippen molar-refractivity contribution in [1.82, 2.24) is 4.90 Å². The smallest absolute Gasteiger partial charge is 0.337 e. The molecule has 2 aromatic carbocycles. The lowest BCUT2D eigenvalue weighted by Gasteiger charge is -2.35. The molecule has 0 bridgehead atoms. The molecule has 180 valence electrons. The predicted molar refractivity (Wildman–Crippen MR) is 135 cm³/mol. The number of nitrogens with zero attached hydrogens (tertiary/aromatic N) is 2. The minimum Gasteiger partial charge on any atom is -0.496 e. The van der Waals surface area contributed by atoms with Gasteiger partial charge in [-0.15, -0.1) is 0 Å². The van der Waals surface area contributed by atoms with Gasteiger partial charge < -0.3 is 19.3 Å². The highest BCUT2D eigenvalue weighted by Crippen LogP contribution is 2.39. The SMILES string of the molecule is COC(=O)c1ccc(OC)c(CC2=C(C)C=C3C(C(C)C2)N(C)c2ccccc2C(=O)N3C)c1.[HH]. The lowest BCUT2D eigenvalue weighted by atomic mass is 9.89. The highest BCUT2D eigenvalue weighted by atomic mass is 16.5. The molecule has 0 aromatic heterocycles. The van der Waals surface area contributed by atoms with Crippen LogP contribution in [-0.4, -0.2) is 51.1 Å². The van der Waals surface area contributed by atoms with Gasteiger partial charge in [0.25, 0.3) is 5.91 Å². The molecule has 1 aliphatic carbocycles. The maximum absolute atomic E-state index is 13.3. The average molecular weight is 463 g/mol. The highest BCUT2D eigenvalue weighted by molar-refractivity contribution is 6.01. The van der Waals surface area contributed by atoms with Gasteiger partial charge in [-0.25, -0.2) is 4.79 Å². The molecule has 1 aliphatic heterocycles. The van der Waals surface area contributed by atoms with E-state index in [0.717, 1.165) is 40.3 Å². The first-order valence-corrected chi connectivity index (χ1v) is 11.5. The summed E-state index contributed by atoms with van der Waals surface area (Å²) >= 11 is 0. The summed E-state index contributed by atoms with van der Waals surface area (Å²) in [6, 6.07) is 13.2. The van der Waals surface area contributed by atoms with Crippen LogP contribution in [0.25, 0.3) is 0 Å². The first kappa shape index (κ1) is 23.6. The summed E-state index contributed by atoms with van der Waals surface area (Å²) in [4.78, 5) is 29.5. The fourth-order valence-electron chi connectivity index (χ4n) is 5.25. The first-order valence-electron chi connectivity index (χ1n) is 11.5. The number of anilines is 1. The van der Waals surface area contributed by atoms with E-state index in [1.165, 1.54) is 12.7 Å². The number of amides is 1. The molecule has 0 spiro atoms. The first-order chi connectivity index (χ1) is 16.3. The summed E-state index contributed by atoms with van der Waals surface area (Å²) in [5.41, 5.74) is 6.51. The van der Waals surface area contributed by atoms with Crippen LogP contribution in [0.4, 0.5) is 5.69 Å². The van der Waals surface area contributed by atoms with Gasteiger partial charge in [0.15, 0.2) is 0 Å². The van der Waals surface area contributed by atoms with Crippen LogP contribution in [0.1, 0.15) is 48.0 Å². The zero-order valence-corrected chi connectivity index (χ0v) is 20.7. The summed E-state index contributed by atoms with van der Waals surface area (Å²) in [7, 11) is 6.96. The van der Waals surface area contributed by atoms with E-state index in [2.05, 4.69) is 31.9 Å². The van der Waals surface area contributed by atoms with Crippen molar-refractivity contribution < 1.29 is 20.5 Å². The van der Waals surface area contributed by atoms with E-state index in [9.17, 15) is 9.59 Å². The van der Waals surface area contributed by atoms with Crippen LogP contribution in [0.15, 0.2) is 65.4 Å². The Bertz CT molecular complexity index is 1200. The molecule has 34 heavy (non-hydrogen) atoms. The van der Waals surface area contributed by atoms with E-state index < -0.39 is 0 Å². The molecule has 0 N–H and O–H groups in total. The zero-order chi connectivity index (χ0) is 24.6. The van der Waals surface area contributed by atoms with E-state index in [0.29, 0.717) is 12.0 Å². The fraction of sp³-hybridized carbons (Fsp3) is 0.357. The summed E-state index contributed by atoms with van der Waals surface area (Å²) in [5, 5.41) is 0. The number of rotatable bonds is 4. The van der Waals surface area contributed by atoms with Crippen molar-refractivity contribution in [2.45, 2.75) is 32.7 Å². The molecule has 2 unspecified atom stereocenters. The summed E-state index contributed by atoms with van der Waals surface area (Å²) in [6.45, 7) is 4.34. The van der Waals surface area contributed by atoms with Crippen LogP contribution in [0.2, 0.25) is 0 Å². The van der Waals surface area contributed by atoms with E-state index >= 15 is 0 Å². The second-order valence-electron chi connectivity index (χ2n) is 9.17. The number of benzene rings is 2. The molecule has 0 saturated heterocycles. The minimum atomic E-state index is -0.367. The number of hydrogen-bond acceptors (Lipinski definition) is 5. The van der Waals surface area contributed by atoms with Crippen LogP contribution in [0, 0.1) is 5.92 Å². The Hall–Kier alpha value is -3.54. The van der Waals surface area contributed by atoms with Crippen LogP contribution in [-0.2, 0) is 11.2 Å². The lowest BCUT2D eigenvalue weighted by Crippen LogP contribution is -2.41. The van der Waals surface area contributed by atoms with Gasteiger partial charge in [0.1, 0.15) is 5.75 Å². The Morgan fingerprint density at radius 2 is 1.88 bits per heavy atom. The standard InChI is InChI=1S/C28H32N2O4.H2/c1-17-14-24-26(29(3)23-10-8-7-9-22(23)27(31)30(24)4)18(2)13-20(17)16-21-15-19(28(32)34-6)11-12-25(21)33-5;/h7-12,14-15,18,26H,13,16H2,1-6H3;1H. The quantitative estimate of drug-likeness (QED) is 0.592. The van der Waals surface area contributed by atoms with Crippen LogP contribution in [0.5, 0.6) is 5.75 Å². The van der Waals surface area contributed by atoms with Crippen LogP contribution >= 0.6 is 0 Å². The third-order valence-electron chi connectivity index (χ3n) is 7.06. The number of esters is 1. The maximum Gasteiger partial charge on any atom is 0.337 e. The van der Waals surface area contributed by atoms with E-state index in [4.69, 9.17) is 9.47 Å². The summed E-state index contributed by atoms with van der Waals surface area (Å²) in [6.07, 6.45) is 3.66. The van der Waals surface area contributed by atoms with Gasteiger partial charge >= 0.3 is 5.97 Å². The van der Waals surface area contributed by atoms with Gasteiger partial charge in [-0.3, -0.25) is 4.79 Å². The second-order valence-corrected chi connectivity index (χ2v) is 9.17. The normalized spacial score (nSPS) is 20.2. The molecular weight excluding hydrogens is 428 g/mol. The third kappa shape index (κ3) is 4.09. The Balaban J connectivity index is 0.00000342. The van der Waals surface area contributed by atoms with Crippen molar-refractivity contribution in [2.75, 3.05) is 33.2 Å². The minimum absolute atomic E-state index is 0. The number of likely N-dealkylation sites (N-methyl/N-ethyl adjacent to an activating group) is 2. The van der Waals surface area contributed by atoms with Crippen molar-refractivity contribution in [3.8, 4) is 5.75 Å². The van der Waals surface area contributed by atoms with Crippen molar-refractivity contribution in [3.63, 3.8) is 0 Å². The Kier molecular flexibility index (Phi) is 6.51. The number of hydrogen-bond donors (Lipinski definition) is 0. The van der Waals surface area contributed by atoms with E-state index in [1.807, 2.05) is 43.4 Å². The lowest BCUT2D eigenvalue weighted by molar-refractivity contribution is 0.0600. The van der Waals surface area contributed by atoms with Crippen LogP contribution < -0.4 is 9.64 Å². The molecule has 1 amide bonds. The highest BCUT2D eigenvalue weighted by Gasteiger charge is 2.37. The second kappa shape index (κ2) is 9.37. The molecule has 1 heterocycles. The fourth-order valence-corrected chi connectivity index (χ4v) is 5.25. The number of fused-ring (bicyclic) bond motifs is 2. The summed E-state index contributed by atoms with van der Waals surface area (Å²) in [5.74, 6) is 0.630. The molecule has 4 rings (SSSR count). The van der Waals surface area contributed by atoms with Gasteiger partial charge in [-0.2, -0.15) is 0 Å². The van der Waals surface area contributed by atoms with Crippen LogP contribution in [0.3, 0.4) is 0 Å². The number of carbonyl (C=O) groups excluding carboxylic acids is 2. The topological polar surface area (TPSA) is 59.1 Å². The molecule has 2 atom stereocenters. The monoisotopic (exact) mass is 462 g/mol.